The molecule has 3 nitrogen and oxygen atoms in total. The van der Waals surface area contributed by atoms with Gasteiger partial charge in [-0.15, -0.1) is 22.7 Å². The van der Waals surface area contributed by atoms with Gasteiger partial charge in [0, 0.05) is 16.5 Å². The molecule has 2 aromatic heterocycles. The first-order valence-electron chi connectivity index (χ1n) is 6.57. The molecule has 1 unspecified atom stereocenters. The minimum absolute atomic E-state index is 0.419. The maximum Gasteiger partial charge on any atom is 0.184 e. The molecular weight excluding hydrogens is 336 g/mol. The number of hydrogen-bond acceptors (Lipinski definition) is 5. The Balaban J connectivity index is 1.87. The van der Waals surface area contributed by atoms with Gasteiger partial charge in [0.15, 0.2) is 4.47 Å². The lowest BCUT2D eigenvalue weighted by atomic mass is 10.1. The second-order valence-corrected chi connectivity index (χ2v) is 7.22. The first-order valence-corrected chi connectivity index (χ1v) is 8.64. The third-order valence-electron chi connectivity index (χ3n) is 3.24. The van der Waals surface area contributed by atoms with Crippen LogP contribution >= 0.6 is 34.3 Å². The van der Waals surface area contributed by atoms with Gasteiger partial charge in [0.1, 0.15) is 11.1 Å². The van der Waals surface area contributed by atoms with Crippen molar-refractivity contribution < 1.29 is 5.11 Å². The number of thiazole rings is 2. The lowest BCUT2D eigenvalue weighted by molar-refractivity contribution is 0.241. The van der Waals surface area contributed by atoms with Crippen LogP contribution in [0.5, 0.6) is 0 Å². The van der Waals surface area contributed by atoms with Crippen LogP contribution in [-0.2, 0) is 0 Å². The molecule has 0 fully saturated rings. The number of aromatic nitrogens is 2. The van der Waals surface area contributed by atoms with E-state index in [0.29, 0.717) is 20.6 Å². The molecule has 3 rings (SSSR count). The normalized spacial score (nSPS) is 12.3. The van der Waals surface area contributed by atoms with Gasteiger partial charge >= 0.3 is 0 Å². The smallest absolute Gasteiger partial charge is 0.184 e. The largest absolute Gasteiger partial charge is 0.383 e. The molecule has 0 amide bonds. The first kappa shape index (κ1) is 15.4. The zero-order valence-electron chi connectivity index (χ0n) is 11.8. The van der Waals surface area contributed by atoms with E-state index in [1.165, 1.54) is 22.7 Å². The molecule has 1 aromatic carbocycles. The van der Waals surface area contributed by atoms with Gasteiger partial charge < -0.3 is 5.11 Å². The van der Waals surface area contributed by atoms with E-state index in [1.807, 2.05) is 42.6 Å². The number of benzene rings is 1. The average Bonchev–Trinajstić information content (AvgIpc) is 3.13. The fraction of sp³-hybridized carbons (Fsp3) is 0.125. The van der Waals surface area contributed by atoms with E-state index in [4.69, 9.17) is 11.6 Å². The number of hydrogen-bond donors (Lipinski definition) is 1. The zero-order chi connectivity index (χ0) is 15.7. The number of aliphatic hydroxyl groups is 1. The Morgan fingerprint density at radius 3 is 2.64 bits per heavy atom. The maximum absolute atomic E-state index is 10.5. The summed E-state index contributed by atoms with van der Waals surface area (Å²) in [4.78, 5) is 9.41. The summed E-state index contributed by atoms with van der Waals surface area (Å²) in [7, 11) is 0. The Hall–Kier alpha value is -1.53. The summed E-state index contributed by atoms with van der Waals surface area (Å²) in [5.41, 5.74) is 3.03. The molecule has 22 heavy (non-hydrogen) atoms. The summed E-state index contributed by atoms with van der Waals surface area (Å²) in [6, 6.07) is 9.94. The molecule has 2 heterocycles. The molecular formula is C16H13ClN2OS2. The SMILES string of the molecule is C=C(c1csc(-c2ccccc2)n1)C(O)c1sc(Cl)nc1C. The van der Waals surface area contributed by atoms with Gasteiger partial charge in [0.25, 0.3) is 0 Å². The second-order valence-electron chi connectivity index (χ2n) is 4.75. The average molecular weight is 349 g/mol. The highest BCUT2D eigenvalue weighted by Gasteiger charge is 2.21. The predicted octanol–water partition coefficient (Wildman–Crippen LogP) is 4.98. The van der Waals surface area contributed by atoms with E-state index in [2.05, 4.69) is 16.5 Å². The zero-order valence-corrected chi connectivity index (χ0v) is 14.2. The Morgan fingerprint density at radius 2 is 2.00 bits per heavy atom. The molecule has 3 aromatic rings. The molecule has 0 bridgehead atoms. The van der Waals surface area contributed by atoms with Crippen LogP contribution in [0.25, 0.3) is 16.1 Å². The highest BCUT2D eigenvalue weighted by Crippen LogP contribution is 2.36. The van der Waals surface area contributed by atoms with Crippen LogP contribution in [0.2, 0.25) is 4.47 Å². The van der Waals surface area contributed by atoms with Crippen molar-refractivity contribution in [2.24, 2.45) is 0 Å². The lowest BCUT2D eigenvalue weighted by Gasteiger charge is -2.10. The number of rotatable bonds is 4. The molecule has 0 radical (unpaired) electrons. The fourth-order valence-electron chi connectivity index (χ4n) is 2.06. The topological polar surface area (TPSA) is 46.0 Å². The van der Waals surface area contributed by atoms with Crippen LogP contribution < -0.4 is 0 Å². The number of aryl methyl sites for hydroxylation is 1. The molecule has 0 saturated heterocycles. The van der Waals surface area contributed by atoms with Crippen LogP contribution in [0.1, 0.15) is 22.4 Å². The van der Waals surface area contributed by atoms with E-state index >= 15 is 0 Å². The summed E-state index contributed by atoms with van der Waals surface area (Å²) in [6.45, 7) is 5.81. The molecule has 1 atom stereocenters. The Bertz CT molecular complexity index is 811. The van der Waals surface area contributed by atoms with Crippen LogP contribution in [0.4, 0.5) is 0 Å². The van der Waals surface area contributed by atoms with Gasteiger partial charge in [-0.2, -0.15) is 0 Å². The van der Waals surface area contributed by atoms with Crippen LogP contribution in [-0.4, -0.2) is 15.1 Å². The van der Waals surface area contributed by atoms with E-state index < -0.39 is 6.10 Å². The summed E-state index contributed by atoms with van der Waals surface area (Å²) in [6.07, 6.45) is -0.837. The Morgan fingerprint density at radius 1 is 1.27 bits per heavy atom. The molecule has 0 saturated carbocycles. The lowest BCUT2D eigenvalue weighted by Crippen LogP contribution is -2.00. The summed E-state index contributed by atoms with van der Waals surface area (Å²) in [5.74, 6) is 0. The van der Waals surface area contributed by atoms with Crippen molar-refractivity contribution >= 4 is 39.8 Å². The second kappa shape index (κ2) is 6.30. The minimum atomic E-state index is -0.837. The minimum Gasteiger partial charge on any atom is -0.383 e. The molecule has 0 aliphatic heterocycles. The van der Waals surface area contributed by atoms with Crippen LogP contribution in [0.15, 0.2) is 42.3 Å². The summed E-state index contributed by atoms with van der Waals surface area (Å²) < 4.78 is 0.419. The fourth-order valence-corrected chi connectivity index (χ4v) is 4.10. The summed E-state index contributed by atoms with van der Waals surface area (Å²) >= 11 is 8.70. The van der Waals surface area contributed by atoms with E-state index in [1.54, 1.807) is 0 Å². The third-order valence-corrected chi connectivity index (χ3v) is 5.44. The van der Waals surface area contributed by atoms with Crippen molar-refractivity contribution in [3.05, 3.63) is 63.0 Å². The molecule has 6 heteroatoms. The van der Waals surface area contributed by atoms with Gasteiger partial charge in [0.2, 0.25) is 0 Å². The number of nitrogens with zero attached hydrogens (tertiary/aromatic N) is 2. The van der Waals surface area contributed by atoms with Crippen LogP contribution in [0.3, 0.4) is 0 Å². The van der Waals surface area contributed by atoms with Crippen molar-refractivity contribution in [2.45, 2.75) is 13.0 Å². The van der Waals surface area contributed by atoms with Gasteiger partial charge in [-0.3, -0.25) is 0 Å². The molecule has 0 aliphatic carbocycles. The van der Waals surface area contributed by atoms with Gasteiger partial charge in [-0.1, -0.05) is 48.5 Å². The monoisotopic (exact) mass is 348 g/mol. The number of halogens is 1. The quantitative estimate of drug-likeness (QED) is 0.723. The number of aliphatic hydroxyl groups excluding tert-OH is 1. The van der Waals surface area contributed by atoms with E-state index in [-0.39, 0.29) is 0 Å². The van der Waals surface area contributed by atoms with E-state index in [0.717, 1.165) is 16.3 Å². The van der Waals surface area contributed by atoms with Crippen molar-refractivity contribution in [2.75, 3.05) is 0 Å². The third kappa shape index (κ3) is 2.98. The van der Waals surface area contributed by atoms with Gasteiger partial charge in [-0.05, 0) is 6.92 Å². The molecule has 1 N–H and O–H groups in total. The van der Waals surface area contributed by atoms with Crippen molar-refractivity contribution in [1.82, 2.24) is 9.97 Å². The van der Waals surface area contributed by atoms with E-state index in [9.17, 15) is 5.11 Å². The van der Waals surface area contributed by atoms with Crippen LogP contribution in [0, 0.1) is 6.92 Å². The predicted molar refractivity (Wildman–Crippen MR) is 93.4 cm³/mol. The highest BCUT2D eigenvalue weighted by molar-refractivity contribution is 7.16. The van der Waals surface area contributed by atoms with Gasteiger partial charge in [0.05, 0.1) is 16.3 Å². The Labute approximate surface area is 141 Å². The molecule has 0 spiro atoms. The summed E-state index contributed by atoms with van der Waals surface area (Å²) in [5, 5.41) is 13.3. The highest BCUT2D eigenvalue weighted by atomic mass is 35.5. The first-order chi connectivity index (χ1) is 10.6. The standard InChI is InChI=1S/C16H13ClN2OS2/c1-9(13(20)14-10(2)18-16(17)22-14)12-8-21-15(19-12)11-6-4-3-5-7-11/h3-8,13,20H,1H2,2H3. The molecule has 112 valence electrons. The Kier molecular flexibility index (Phi) is 4.40. The van der Waals surface area contributed by atoms with Crippen molar-refractivity contribution in [1.29, 1.82) is 0 Å². The molecule has 0 aliphatic rings. The van der Waals surface area contributed by atoms with Gasteiger partial charge in [-0.25, -0.2) is 9.97 Å². The van der Waals surface area contributed by atoms with Crippen molar-refractivity contribution in [3.8, 4) is 10.6 Å². The van der Waals surface area contributed by atoms with Crippen molar-refractivity contribution in [3.63, 3.8) is 0 Å². The maximum atomic E-state index is 10.5.